The largest absolute Gasteiger partial charge is 0.390 e. The Morgan fingerprint density at radius 3 is 2.68 bits per heavy atom. The maximum Gasteiger partial charge on any atom is 0.273 e. The van der Waals surface area contributed by atoms with E-state index in [1.54, 1.807) is 16.8 Å². The molecule has 0 radical (unpaired) electrons. The number of aliphatic hydroxyl groups is 1. The summed E-state index contributed by atoms with van der Waals surface area (Å²) in [5.41, 5.74) is 4.86. The lowest BCUT2D eigenvalue weighted by molar-refractivity contribution is 0.0599. The first kappa shape index (κ1) is 24.1. The van der Waals surface area contributed by atoms with Crippen molar-refractivity contribution in [3.05, 3.63) is 77.9 Å². The molecule has 2 aliphatic rings. The fourth-order valence-corrected chi connectivity index (χ4v) is 5.54. The number of amides is 1. The van der Waals surface area contributed by atoms with Gasteiger partial charge >= 0.3 is 0 Å². The number of carbonyl (C=O) groups is 1. The molecule has 2 aliphatic heterocycles. The van der Waals surface area contributed by atoms with Crippen molar-refractivity contribution in [3.8, 4) is 17.2 Å². The first-order valence-corrected chi connectivity index (χ1v) is 13.0. The number of nitriles is 1. The van der Waals surface area contributed by atoms with Gasteiger partial charge in [-0.25, -0.2) is 9.50 Å². The monoisotopic (exact) mass is 507 g/mol. The number of rotatable bonds is 4. The Balaban J connectivity index is 1.26. The number of aryl methyl sites for hydroxylation is 1. The lowest BCUT2D eigenvalue weighted by atomic mass is 9.98. The molecule has 0 bridgehead atoms. The summed E-state index contributed by atoms with van der Waals surface area (Å²) in [6.07, 6.45) is 5.78. The van der Waals surface area contributed by atoms with Crippen molar-refractivity contribution in [3.63, 3.8) is 0 Å². The zero-order valence-electron chi connectivity index (χ0n) is 21.2. The number of nitrogens with zero attached hydrogens (tertiary/aromatic N) is 7. The summed E-state index contributed by atoms with van der Waals surface area (Å²) < 4.78 is 1.76. The second-order valence-electron chi connectivity index (χ2n) is 10.1. The predicted molar refractivity (Wildman–Crippen MR) is 142 cm³/mol. The first-order chi connectivity index (χ1) is 18.5. The van der Waals surface area contributed by atoms with E-state index in [-0.39, 0.29) is 11.9 Å². The van der Waals surface area contributed by atoms with Gasteiger partial charge in [0.15, 0.2) is 5.65 Å². The number of pyridine rings is 1. The van der Waals surface area contributed by atoms with Gasteiger partial charge in [0.2, 0.25) is 0 Å². The molecule has 0 spiro atoms. The van der Waals surface area contributed by atoms with Gasteiger partial charge in [-0.2, -0.15) is 10.4 Å². The molecule has 5 heterocycles. The minimum absolute atomic E-state index is 0.0928. The van der Waals surface area contributed by atoms with Gasteiger partial charge in [0.25, 0.3) is 5.91 Å². The highest BCUT2D eigenvalue weighted by Crippen LogP contribution is 2.33. The Hall–Kier alpha value is -4.29. The van der Waals surface area contributed by atoms with Crippen molar-refractivity contribution in [1.82, 2.24) is 24.5 Å². The summed E-state index contributed by atoms with van der Waals surface area (Å²) in [6.45, 7) is 3.43. The van der Waals surface area contributed by atoms with Crippen LogP contribution in [-0.4, -0.2) is 61.2 Å². The molecule has 4 aromatic rings. The molecule has 0 unspecified atom stereocenters. The number of benzene rings is 1. The normalized spacial score (nSPS) is 21.6. The minimum atomic E-state index is -0.685. The van der Waals surface area contributed by atoms with E-state index in [1.165, 1.54) is 0 Å². The van der Waals surface area contributed by atoms with E-state index in [2.05, 4.69) is 11.1 Å². The number of aliphatic hydroxyl groups excluding tert-OH is 1. The third-order valence-electron chi connectivity index (χ3n) is 7.57. The third kappa shape index (κ3) is 4.37. The average Bonchev–Trinajstić information content (AvgIpc) is 3.55. The number of fused-ring (bicyclic) bond motifs is 1. The zero-order valence-corrected chi connectivity index (χ0v) is 21.2. The SMILES string of the molecule is Cc1cn2nc([C@@H]3CCCCN3C(=O)c3ccc(-c4ccccc4)cn3)cc2nc1N1C[C@@H](C#N)[C@@H](O)C1. The molecule has 9 nitrogen and oxygen atoms in total. The fraction of sp³-hybridized carbons (Fsp3) is 0.345. The molecule has 9 heteroatoms. The molecular formula is C29H29N7O2. The summed E-state index contributed by atoms with van der Waals surface area (Å²) in [7, 11) is 0. The number of likely N-dealkylation sites (tertiary alicyclic amines) is 1. The molecule has 1 aromatic carbocycles. The number of carbonyl (C=O) groups excluding carboxylic acids is 1. The number of piperidine rings is 1. The quantitative estimate of drug-likeness (QED) is 0.447. The summed E-state index contributed by atoms with van der Waals surface area (Å²) in [4.78, 5) is 26.8. The molecule has 192 valence electrons. The number of aromatic nitrogens is 4. The summed E-state index contributed by atoms with van der Waals surface area (Å²) in [6, 6.07) is 17.7. The lowest BCUT2D eigenvalue weighted by Gasteiger charge is -2.34. The molecule has 6 rings (SSSR count). The van der Waals surface area contributed by atoms with E-state index in [9.17, 15) is 15.2 Å². The maximum atomic E-state index is 13.6. The molecule has 3 atom stereocenters. The number of hydrogen-bond donors (Lipinski definition) is 1. The van der Waals surface area contributed by atoms with Crippen LogP contribution in [0.15, 0.2) is 60.9 Å². The number of hydrogen-bond acceptors (Lipinski definition) is 7. The Labute approximate surface area is 221 Å². The van der Waals surface area contributed by atoms with Crippen molar-refractivity contribution in [2.24, 2.45) is 5.92 Å². The van der Waals surface area contributed by atoms with Crippen molar-refractivity contribution in [1.29, 1.82) is 5.26 Å². The van der Waals surface area contributed by atoms with Crippen molar-refractivity contribution in [2.75, 3.05) is 24.5 Å². The molecule has 2 saturated heterocycles. The zero-order chi connectivity index (χ0) is 26.2. The van der Waals surface area contributed by atoms with Crippen LogP contribution in [0.25, 0.3) is 16.8 Å². The molecule has 2 fully saturated rings. The van der Waals surface area contributed by atoms with Crippen LogP contribution in [0.3, 0.4) is 0 Å². The van der Waals surface area contributed by atoms with Crippen molar-refractivity contribution in [2.45, 2.75) is 38.3 Å². The van der Waals surface area contributed by atoms with Gasteiger partial charge in [-0.05, 0) is 37.8 Å². The summed E-state index contributed by atoms with van der Waals surface area (Å²) in [5, 5.41) is 24.3. The van der Waals surface area contributed by atoms with E-state index in [0.29, 0.717) is 31.0 Å². The Morgan fingerprint density at radius 2 is 1.95 bits per heavy atom. The van der Waals surface area contributed by atoms with Crippen LogP contribution in [0.2, 0.25) is 0 Å². The second-order valence-corrected chi connectivity index (χ2v) is 10.1. The van der Waals surface area contributed by atoms with E-state index >= 15 is 0 Å². The van der Waals surface area contributed by atoms with Crippen molar-refractivity contribution >= 4 is 17.4 Å². The highest BCUT2D eigenvalue weighted by atomic mass is 16.3. The highest BCUT2D eigenvalue weighted by molar-refractivity contribution is 5.93. The van der Waals surface area contributed by atoms with Gasteiger partial charge in [-0.15, -0.1) is 0 Å². The van der Waals surface area contributed by atoms with Crippen LogP contribution in [0.4, 0.5) is 5.82 Å². The molecule has 3 aromatic heterocycles. The van der Waals surface area contributed by atoms with E-state index in [4.69, 9.17) is 10.1 Å². The van der Waals surface area contributed by atoms with Gasteiger partial charge in [0.1, 0.15) is 11.5 Å². The summed E-state index contributed by atoms with van der Waals surface area (Å²) in [5.74, 6) is 0.231. The van der Waals surface area contributed by atoms with Crippen molar-refractivity contribution < 1.29 is 9.90 Å². The predicted octanol–water partition coefficient (Wildman–Crippen LogP) is 3.79. The fourth-order valence-electron chi connectivity index (χ4n) is 5.54. The smallest absolute Gasteiger partial charge is 0.273 e. The van der Waals surface area contributed by atoms with Crippen LogP contribution < -0.4 is 4.90 Å². The van der Waals surface area contributed by atoms with Crippen LogP contribution in [0.5, 0.6) is 0 Å². The highest BCUT2D eigenvalue weighted by Gasteiger charge is 2.34. The molecule has 0 aliphatic carbocycles. The van der Waals surface area contributed by atoms with Gasteiger partial charge in [0, 0.05) is 49.2 Å². The van der Waals surface area contributed by atoms with Gasteiger partial charge in [-0.1, -0.05) is 36.4 Å². The Kier molecular flexibility index (Phi) is 6.26. The van der Waals surface area contributed by atoms with Crippen LogP contribution in [0, 0.1) is 24.2 Å². The van der Waals surface area contributed by atoms with E-state index in [1.807, 2.05) is 65.4 Å². The first-order valence-electron chi connectivity index (χ1n) is 13.0. The summed E-state index contributed by atoms with van der Waals surface area (Å²) >= 11 is 0. The van der Waals surface area contributed by atoms with Crippen LogP contribution in [0.1, 0.15) is 47.1 Å². The molecule has 38 heavy (non-hydrogen) atoms. The van der Waals surface area contributed by atoms with E-state index < -0.39 is 12.0 Å². The van der Waals surface area contributed by atoms with Gasteiger partial charge < -0.3 is 14.9 Å². The van der Waals surface area contributed by atoms with E-state index in [0.717, 1.165) is 47.5 Å². The molecular weight excluding hydrogens is 478 g/mol. The number of anilines is 1. The Morgan fingerprint density at radius 1 is 1.11 bits per heavy atom. The lowest BCUT2D eigenvalue weighted by Crippen LogP contribution is -2.39. The minimum Gasteiger partial charge on any atom is -0.390 e. The second kappa shape index (κ2) is 9.88. The van der Waals surface area contributed by atoms with Crippen LogP contribution >= 0.6 is 0 Å². The molecule has 1 N–H and O–H groups in total. The molecule has 1 amide bonds. The third-order valence-corrected chi connectivity index (χ3v) is 7.57. The maximum absolute atomic E-state index is 13.6. The van der Waals surface area contributed by atoms with Gasteiger partial charge in [0.05, 0.1) is 29.8 Å². The van der Waals surface area contributed by atoms with Gasteiger partial charge in [-0.3, -0.25) is 9.78 Å². The number of β-amino-alcohol motifs (C(OH)–C–C–N with tert-alkyl or cyclic N) is 1. The molecule has 0 saturated carbocycles. The van der Waals surface area contributed by atoms with Crippen LogP contribution in [-0.2, 0) is 0 Å². The topological polar surface area (TPSA) is 111 Å². The standard InChI is InChI=1S/C29H29N7O2/c1-19-16-36-27(32-28(19)34-17-22(14-30)26(37)18-34)13-24(33-36)25-9-5-6-12-35(25)29(38)23-11-10-21(15-31-23)20-7-3-2-4-8-20/h2-4,7-8,10-11,13,15-16,22,25-26,37H,5-6,9,12,17-18H2,1H3/t22-,25+,26+/m1/s1. The Bertz CT molecular complexity index is 1510. The average molecular weight is 508 g/mol.